The summed E-state index contributed by atoms with van der Waals surface area (Å²) >= 11 is 0. The maximum absolute atomic E-state index is 13.5. The van der Waals surface area contributed by atoms with Crippen LogP contribution in [0.5, 0.6) is 0 Å². The van der Waals surface area contributed by atoms with E-state index < -0.39 is 17.6 Å². The van der Waals surface area contributed by atoms with Crippen LogP contribution in [0.1, 0.15) is 21.5 Å². The molecule has 0 bridgehead atoms. The zero-order chi connectivity index (χ0) is 21.1. The lowest BCUT2D eigenvalue weighted by atomic mass is 9.83. The van der Waals surface area contributed by atoms with Crippen LogP contribution in [-0.2, 0) is 4.74 Å². The van der Waals surface area contributed by atoms with Gasteiger partial charge < -0.3 is 10.5 Å². The maximum Gasteiger partial charge on any atom is 0.339 e. The Hall–Kier alpha value is -4.23. The van der Waals surface area contributed by atoms with Gasteiger partial charge in [0, 0.05) is 11.1 Å². The molecule has 0 amide bonds. The molecule has 5 nitrogen and oxygen atoms in total. The molecule has 0 radical (unpaired) electrons. The molecule has 0 aromatic heterocycles. The number of methoxy groups -OCH3 is 1. The summed E-state index contributed by atoms with van der Waals surface area (Å²) < 4.78 is 31.8. The zero-order valence-corrected chi connectivity index (χ0v) is 15.2. The number of rotatable bonds is 3. The van der Waals surface area contributed by atoms with Crippen molar-refractivity contribution in [1.29, 1.82) is 10.5 Å². The van der Waals surface area contributed by atoms with Crippen molar-refractivity contribution in [2.24, 2.45) is 0 Å². The van der Waals surface area contributed by atoms with E-state index in [1.807, 2.05) is 12.1 Å². The van der Waals surface area contributed by atoms with Crippen LogP contribution >= 0.6 is 0 Å². The third-order valence-corrected chi connectivity index (χ3v) is 4.42. The number of hydrogen-bond donors (Lipinski definition) is 1. The van der Waals surface area contributed by atoms with Crippen molar-refractivity contribution in [2.75, 3.05) is 12.8 Å². The molecule has 0 fully saturated rings. The second-order valence-electron chi connectivity index (χ2n) is 6.02. The second kappa shape index (κ2) is 7.79. The average Bonchev–Trinajstić information content (AvgIpc) is 2.73. The van der Waals surface area contributed by atoms with Crippen LogP contribution in [0, 0.1) is 34.3 Å². The van der Waals surface area contributed by atoms with Crippen molar-refractivity contribution in [3.05, 3.63) is 76.9 Å². The number of carbonyl (C=O) groups is 1. The van der Waals surface area contributed by atoms with Gasteiger partial charge in [-0.15, -0.1) is 0 Å². The van der Waals surface area contributed by atoms with Gasteiger partial charge >= 0.3 is 5.97 Å². The number of nitrogens with two attached hydrogens (primary N) is 1. The molecule has 0 saturated heterocycles. The number of nitrogens with zero attached hydrogens (tertiary/aromatic N) is 2. The van der Waals surface area contributed by atoms with E-state index in [1.54, 1.807) is 0 Å². The predicted octanol–water partition coefficient (Wildman–Crippen LogP) is 4.41. The van der Waals surface area contributed by atoms with Gasteiger partial charge in [-0.05, 0) is 35.4 Å². The van der Waals surface area contributed by atoms with E-state index in [1.165, 1.54) is 48.5 Å². The van der Waals surface area contributed by atoms with E-state index in [0.29, 0.717) is 11.1 Å². The Morgan fingerprint density at radius 1 is 0.862 bits per heavy atom. The van der Waals surface area contributed by atoms with Gasteiger partial charge in [-0.2, -0.15) is 10.5 Å². The monoisotopic (exact) mass is 389 g/mol. The minimum Gasteiger partial charge on any atom is -0.465 e. The van der Waals surface area contributed by atoms with E-state index in [0.717, 1.165) is 7.11 Å². The smallest absolute Gasteiger partial charge is 0.339 e. The summed E-state index contributed by atoms with van der Waals surface area (Å²) in [7, 11) is 1.14. The van der Waals surface area contributed by atoms with Gasteiger partial charge in [0.25, 0.3) is 0 Å². The molecule has 0 aliphatic heterocycles. The summed E-state index contributed by atoms with van der Waals surface area (Å²) in [5.74, 6) is -1.85. The van der Waals surface area contributed by atoms with Crippen molar-refractivity contribution < 1.29 is 18.3 Å². The molecule has 142 valence electrons. The minimum absolute atomic E-state index is 0.0554. The molecule has 0 atom stereocenters. The van der Waals surface area contributed by atoms with Crippen molar-refractivity contribution in [2.45, 2.75) is 0 Å². The molecule has 3 aromatic rings. The molecular weight excluding hydrogens is 376 g/mol. The summed E-state index contributed by atoms with van der Waals surface area (Å²) in [4.78, 5) is 12.6. The fraction of sp³-hybridized carbons (Fsp3) is 0.0455. The molecule has 0 aliphatic carbocycles. The number of benzene rings is 3. The van der Waals surface area contributed by atoms with Crippen molar-refractivity contribution in [3.8, 4) is 34.4 Å². The molecule has 3 aromatic carbocycles. The van der Waals surface area contributed by atoms with E-state index in [-0.39, 0.29) is 33.5 Å². The van der Waals surface area contributed by atoms with Crippen molar-refractivity contribution in [1.82, 2.24) is 0 Å². The van der Waals surface area contributed by atoms with Crippen LogP contribution in [0.3, 0.4) is 0 Å². The number of ether oxygens (including phenoxy) is 1. The van der Waals surface area contributed by atoms with Gasteiger partial charge in [0.15, 0.2) is 0 Å². The van der Waals surface area contributed by atoms with Crippen LogP contribution < -0.4 is 5.73 Å². The number of esters is 1. The third kappa shape index (κ3) is 3.38. The van der Waals surface area contributed by atoms with Crippen LogP contribution in [-0.4, -0.2) is 13.1 Å². The quantitative estimate of drug-likeness (QED) is 0.528. The molecular formula is C22H13F2N3O2. The number of halogens is 2. The van der Waals surface area contributed by atoms with Crippen LogP contribution in [0.2, 0.25) is 0 Å². The first kappa shape index (κ1) is 19.5. The minimum atomic E-state index is -0.847. The highest BCUT2D eigenvalue weighted by atomic mass is 19.1. The summed E-state index contributed by atoms with van der Waals surface area (Å²) in [6.07, 6.45) is 0. The Bertz CT molecular complexity index is 1190. The fourth-order valence-corrected chi connectivity index (χ4v) is 3.12. The first-order valence-electron chi connectivity index (χ1n) is 8.32. The molecule has 0 saturated carbocycles. The zero-order valence-electron chi connectivity index (χ0n) is 15.2. The highest BCUT2D eigenvalue weighted by Crippen LogP contribution is 2.43. The Kier molecular flexibility index (Phi) is 5.25. The predicted molar refractivity (Wildman–Crippen MR) is 102 cm³/mol. The molecule has 0 spiro atoms. The Labute approximate surface area is 165 Å². The third-order valence-electron chi connectivity index (χ3n) is 4.42. The van der Waals surface area contributed by atoms with Gasteiger partial charge in [-0.3, -0.25) is 0 Å². The topological polar surface area (TPSA) is 99.9 Å². The SMILES string of the molecule is COC(=O)c1c(C#N)c(N)c(C#N)c(-c2ccc(F)cc2)c1-c1ccc(F)cc1. The summed E-state index contributed by atoms with van der Waals surface area (Å²) in [5, 5.41) is 19.4. The van der Waals surface area contributed by atoms with E-state index >= 15 is 0 Å². The Morgan fingerprint density at radius 3 is 1.72 bits per heavy atom. The first-order chi connectivity index (χ1) is 13.9. The summed E-state index contributed by atoms with van der Waals surface area (Å²) in [5.41, 5.74) is 6.57. The van der Waals surface area contributed by atoms with Gasteiger partial charge in [0.1, 0.15) is 23.8 Å². The number of nitriles is 2. The Balaban J connectivity index is 2.58. The second-order valence-corrected chi connectivity index (χ2v) is 6.02. The number of anilines is 1. The Morgan fingerprint density at radius 2 is 1.31 bits per heavy atom. The summed E-state index contributed by atoms with van der Waals surface area (Å²) in [6.45, 7) is 0. The molecule has 3 rings (SSSR count). The molecule has 29 heavy (non-hydrogen) atoms. The van der Waals surface area contributed by atoms with E-state index in [2.05, 4.69) is 0 Å². The first-order valence-corrected chi connectivity index (χ1v) is 8.32. The van der Waals surface area contributed by atoms with Crippen LogP contribution in [0.4, 0.5) is 14.5 Å². The normalized spacial score (nSPS) is 10.1. The molecule has 0 aliphatic rings. The highest BCUT2D eigenvalue weighted by Gasteiger charge is 2.29. The van der Waals surface area contributed by atoms with E-state index in [4.69, 9.17) is 10.5 Å². The number of hydrogen-bond acceptors (Lipinski definition) is 5. The highest BCUT2D eigenvalue weighted by molar-refractivity contribution is 6.08. The van der Waals surface area contributed by atoms with Gasteiger partial charge in [0.05, 0.1) is 29.5 Å². The lowest BCUT2D eigenvalue weighted by Gasteiger charge is -2.19. The maximum atomic E-state index is 13.5. The van der Waals surface area contributed by atoms with Gasteiger partial charge in [-0.25, -0.2) is 13.6 Å². The van der Waals surface area contributed by atoms with Crippen molar-refractivity contribution in [3.63, 3.8) is 0 Å². The number of carbonyl (C=O) groups excluding carboxylic acids is 1. The molecule has 0 unspecified atom stereocenters. The average molecular weight is 389 g/mol. The lowest BCUT2D eigenvalue weighted by molar-refractivity contribution is 0.0601. The summed E-state index contributed by atoms with van der Waals surface area (Å²) in [6, 6.07) is 14.2. The van der Waals surface area contributed by atoms with Gasteiger partial charge in [-0.1, -0.05) is 24.3 Å². The standard InChI is InChI=1S/C22H13F2N3O2/c1-29-22(28)20-17(11-26)21(27)16(10-25)18(12-2-6-14(23)7-3-12)19(20)13-4-8-15(24)9-5-13/h2-9H,27H2,1H3. The van der Waals surface area contributed by atoms with Gasteiger partial charge in [0.2, 0.25) is 0 Å². The largest absolute Gasteiger partial charge is 0.465 e. The molecule has 2 N–H and O–H groups in total. The van der Waals surface area contributed by atoms with Crippen LogP contribution in [0.25, 0.3) is 22.3 Å². The fourth-order valence-electron chi connectivity index (χ4n) is 3.12. The molecule has 7 heteroatoms. The van der Waals surface area contributed by atoms with Crippen molar-refractivity contribution >= 4 is 11.7 Å². The van der Waals surface area contributed by atoms with Crippen LogP contribution in [0.15, 0.2) is 48.5 Å². The lowest BCUT2D eigenvalue weighted by Crippen LogP contribution is -2.12. The molecule has 0 heterocycles. The number of nitrogen functional groups attached to an aromatic ring is 1. The van der Waals surface area contributed by atoms with E-state index in [9.17, 15) is 24.1 Å².